The monoisotopic (exact) mass is 968 g/mol. The summed E-state index contributed by atoms with van der Waals surface area (Å²) in [6.07, 6.45) is 9.47. The fraction of sp³-hybridized carbons (Fsp3) is 0.529. The molecule has 1 aromatic heterocycles. The average molecular weight is 970 g/mol. The van der Waals surface area contributed by atoms with Gasteiger partial charge in [0.1, 0.15) is 17.3 Å². The third-order valence-electron chi connectivity index (χ3n) is 16.6. The third-order valence-corrected chi connectivity index (χ3v) is 17.1. The number of benzene rings is 3. The number of nitrogens with zero attached hydrogens (tertiary/aromatic N) is 4. The van der Waals surface area contributed by atoms with Gasteiger partial charge >= 0.3 is 5.69 Å². The number of halogens is 3. The highest BCUT2D eigenvalue weighted by atomic mass is 35.5. The average Bonchev–Trinajstić information content (AvgIpc) is 3.89. The smallest absolute Gasteiger partial charge is 0.329 e. The molecular weight excluding hydrogens is 911 g/mol. The van der Waals surface area contributed by atoms with Gasteiger partial charge in [-0.25, -0.2) is 9.18 Å². The van der Waals surface area contributed by atoms with Gasteiger partial charge in [-0.2, -0.15) is 0 Å². The van der Waals surface area contributed by atoms with E-state index >= 15 is 4.39 Å². The molecule has 68 heavy (non-hydrogen) atoms. The van der Waals surface area contributed by atoms with Crippen molar-refractivity contribution in [3.63, 3.8) is 0 Å². The Morgan fingerprint density at radius 3 is 2.37 bits per heavy atom. The molecule has 5 fully saturated rings. The Balaban J connectivity index is 0.760. The summed E-state index contributed by atoms with van der Waals surface area (Å²) in [7, 11) is 3.62. The maximum Gasteiger partial charge on any atom is 0.329 e. The predicted octanol–water partition coefficient (Wildman–Crippen LogP) is 6.25. The standard InChI is InChI=1S/C51H59Cl2FN8O6/c1-59(33-20-25-61(26-21-33)24-19-29-9-16-38-40(27-29)60(2)49(68)62(38)39-17-18-41(63)57-45(39)64)47(66)30-10-13-32(14-11-30)55-46(65)44-42(34-7-6-8-36(53)43(34)54)51(50(58-44)22-4-3-5-23-50)35-15-12-31(52)28-37(35)56-48(51)67/h6-9,12,15-16,27-28,30,32-33,39,42,44,58H,3-5,10-11,13-14,17-26H2,1-2H3,(H,55,65)(H,56,67)(H,57,63,64)/t30?,32?,39?,42-,44+,51+/m0/s1. The van der Waals surface area contributed by atoms with Gasteiger partial charge in [-0.05, 0) is 111 Å². The minimum Gasteiger partial charge on any atom is -0.352 e. The molecule has 3 aromatic carbocycles. The molecule has 17 heteroatoms. The highest BCUT2D eigenvalue weighted by molar-refractivity contribution is 6.31. The van der Waals surface area contributed by atoms with Crippen LogP contribution in [0, 0.1) is 11.7 Å². The second-order valence-electron chi connectivity index (χ2n) is 20.2. The topological polar surface area (TPSA) is 167 Å². The van der Waals surface area contributed by atoms with E-state index in [0.29, 0.717) is 60.3 Å². The second-order valence-corrected chi connectivity index (χ2v) is 21.0. The van der Waals surface area contributed by atoms with Gasteiger partial charge in [0.05, 0.1) is 22.1 Å². The van der Waals surface area contributed by atoms with E-state index in [1.54, 1.807) is 35.9 Å². The van der Waals surface area contributed by atoms with Crippen LogP contribution in [-0.2, 0) is 42.9 Å². The first kappa shape index (κ1) is 46.6. The molecule has 4 aliphatic heterocycles. The van der Waals surface area contributed by atoms with Crippen molar-refractivity contribution >= 4 is 69.5 Å². The highest BCUT2D eigenvalue weighted by Crippen LogP contribution is 2.63. The van der Waals surface area contributed by atoms with Gasteiger partial charge < -0.3 is 20.4 Å². The second kappa shape index (κ2) is 18.3. The minimum atomic E-state index is -1.31. The molecule has 2 aliphatic carbocycles. The number of carbonyl (C=O) groups excluding carboxylic acids is 5. The largest absolute Gasteiger partial charge is 0.352 e. The first-order chi connectivity index (χ1) is 32.7. The van der Waals surface area contributed by atoms with Crippen molar-refractivity contribution in [2.45, 2.75) is 131 Å². The van der Waals surface area contributed by atoms with Gasteiger partial charge in [0, 0.05) is 80.3 Å². The van der Waals surface area contributed by atoms with E-state index in [-0.39, 0.29) is 70.7 Å². The van der Waals surface area contributed by atoms with Gasteiger partial charge in [0.2, 0.25) is 29.5 Å². The first-order valence-corrected chi connectivity index (χ1v) is 25.1. The third kappa shape index (κ3) is 7.85. The quantitative estimate of drug-likeness (QED) is 0.143. The molecule has 2 spiro atoms. The number of anilines is 1. The summed E-state index contributed by atoms with van der Waals surface area (Å²) in [4.78, 5) is 85.4. The molecule has 10 rings (SSSR count). The minimum absolute atomic E-state index is 0.0712. The molecule has 0 radical (unpaired) electrons. The Bertz CT molecular complexity index is 2760. The SMILES string of the molecule is CN(C(=O)C1CCC(NC(=O)[C@@H]2NC3(CCCCC3)[C@@]3(C(=O)Nc4cc(Cl)ccc43)[C@H]2c2cccc(Cl)c2F)CC1)C1CCN(CCc2ccc3c(c2)n(C)c(=O)n3C2CCC(=O)NC2=O)CC1. The summed E-state index contributed by atoms with van der Waals surface area (Å²) < 4.78 is 19.4. The number of fused-ring (bicyclic) bond motifs is 4. The number of hydrogen-bond acceptors (Lipinski definition) is 8. The van der Waals surface area contributed by atoms with Crippen LogP contribution in [0.4, 0.5) is 10.1 Å². The predicted molar refractivity (Wildman–Crippen MR) is 257 cm³/mol. The van der Waals surface area contributed by atoms with Crippen molar-refractivity contribution < 1.29 is 28.4 Å². The summed E-state index contributed by atoms with van der Waals surface area (Å²) in [5, 5.41) is 12.9. The van der Waals surface area contributed by atoms with Crippen LogP contribution in [0.1, 0.15) is 112 Å². The summed E-state index contributed by atoms with van der Waals surface area (Å²) >= 11 is 12.9. The van der Waals surface area contributed by atoms with Crippen molar-refractivity contribution in [1.82, 2.24) is 34.9 Å². The molecule has 0 bridgehead atoms. The number of likely N-dealkylation sites (tertiary alicyclic amines) is 1. The number of hydrogen-bond donors (Lipinski definition) is 4. The van der Waals surface area contributed by atoms with Crippen LogP contribution < -0.4 is 27.0 Å². The zero-order valence-electron chi connectivity index (χ0n) is 38.6. The fourth-order valence-corrected chi connectivity index (χ4v) is 13.4. The fourth-order valence-electron chi connectivity index (χ4n) is 13.1. The zero-order valence-corrected chi connectivity index (χ0v) is 40.1. The molecule has 1 unspecified atom stereocenters. The van der Waals surface area contributed by atoms with Crippen LogP contribution in [0.3, 0.4) is 0 Å². The number of nitrogens with one attached hydrogen (secondary N) is 4. The molecule has 360 valence electrons. The summed E-state index contributed by atoms with van der Waals surface area (Å²) in [6.45, 7) is 2.54. The summed E-state index contributed by atoms with van der Waals surface area (Å²) in [5.74, 6) is -2.90. The molecule has 5 heterocycles. The maximum atomic E-state index is 16.4. The van der Waals surface area contributed by atoms with Gasteiger partial charge in [0.15, 0.2) is 0 Å². The van der Waals surface area contributed by atoms with E-state index < -0.39 is 40.7 Å². The first-order valence-electron chi connectivity index (χ1n) is 24.4. The number of aromatic nitrogens is 2. The van der Waals surface area contributed by atoms with Crippen LogP contribution in [-0.4, -0.2) is 98.8 Å². The molecule has 5 amide bonds. The molecule has 2 saturated carbocycles. The van der Waals surface area contributed by atoms with E-state index in [2.05, 4.69) is 26.2 Å². The van der Waals surface area contributed by atoms with E-state index in [9.17, 15) is 28.8 Å². The van der Waals surface area contributed by atoms with Gasteiger partial charge in [-0.1, -0.05) is 66.7 Å². The Morgan fingerprint density at radius 1 is 0.882 bits per heavy atom. The van der Waals surface area contributed by atoms with E-state index in [1.165, 1.54) is 10.6 Å². The number of carbonyl (C=O) groups is 5. The molecule has 6 aliphatic rings. The molecule has 14 nitrogen and oxygen atoms in total. The van der Waals surface area contributed by atoms with Gasteiger partial charge in [-0.15, -0.1) is 0 Å². The Hall–Kier alpha value is -5.09. The molecular formula is C51H59Cl2FN8O6. The Morgan fingerprint density at radius 2 is 1.63 bits per heavy atom. The Kier molecular flexibility index (Phi) is 12.6. The number of aryl methyl sites for hydroxylation is 1. The van der Waals surface area contributed by atoms with E-state index in [0.717, 1.165) is 69.2 Å². The van der Waals surface area contributed by atoms with Gasteiger partial charge in [-0.3, -0.25) is 43.7 Å². The Labute approximate surface area is 404 Å². The number of piperidine rings is 2. The molecule has 3 saturated heterocycles. The zero-order chi connectivity index (χ0) is 47.6. The highest BCUT2D eigenvalue weighted by Gasteiger charge is 2.72. The summed E-state index contributed by atoms with van der Waals surface area (Å²) in [5.41, 5.74) is 1.59. The number of imide groups is 1. The van der Waals surface area contributed by atoms with Crippen LogP contribution in [0.25, 0.3) is 11.0 Å². The molecule has 4 aromatic rings. The lowest BCUT2D eigenvalue weighted by atomic mass is 9.55. The van der Waals surface area contributed by atoms with Crippen molar-refractivity contribution in [3.8, 4) is 0 Å². The number of rotatable bonds is 9. The van der Waals surface area contributed by atoms with Crippen molar-refractivity contribution in [2.24, 2.45) is 13.0 Å². The van der Waals surface area contributed by atoms with Crippen LogP contribution >= 0.6 is 23.2 Å². The van der Waals surface area contributed by atoms with Crippen molar-refractivity contribution in [1.29, 1.82) is 0 Å². The molecule has 4 N–H and O–H groups in total. The number of amides is 5. The van der Waals surface area contributed by atoms with Crippen LogP contribution in [0.5, 0.6) is 0 Å². The lowest BCUT2D eigenvalue weighted by molar-refractivity contribution is -0.138. The lowest BCUT2D eigenvalue weighted by Crippen LogP contribution is -2.60. The summed E-state index contributed by atoms with van der Waals surface area (Å²) in [6, 6.07) is 14.3. The van der Waals surface area contributed by atoms with Crippen molar-refractivity contribution in [3.05, 3.63) is 97.6 Å². The normalized spacial score (nSPS) is 27.4. The van der Waals surface area contributed by atoms with E-state index in [1.807, 2.05) is 36.2 Å². The molecule has 4 atom stereocenters. The maximum absolute atomic E-state index is 16.4. The van der Waals surface area contributed by atoms with E-state index in [4.69, 9.17) is 23.2 Å². The van der Waals surface area contributed by atoms with Gasteiger partial charge in [0.25, 0.3) is 0 Å². The lowest BCUT2D eigenvalue weighted by Gasteiger charge is -2.47. The van der Waals surface area contributed by atoms with Crippen molar-refractivity contribution in [2.75, 3.05) is 32.0 Å². The van der Waals surface area contributed by atoms with Crippen LogP contribution in [0.15, 0.2) is 59.4 Å². The number of imidazole rings is 1. The van der Waals surface area contributed by atoms with Crippen LogP contribution in [0.2, 0.25) is 10.0 Å².